The summed E-state index contributed by atoms with van der Waals surface area (Å²) in [6, 6.07) is 1.98. The number of hydrogen-bond donors (Lipinski definition) is 0. The molecule has 0 bridgehead atoms. The monoisotopic (exact) mass is 407 g/mol. The molecule has 10 heteroatoms. The minimum Gasteiger partial charge on any atom is -0.338 e. The normalized spacial score (nSPS) is 25.6. The van der Waals surface area contributed by atoms with Gasteiger partial charge in [0.1, 0.15) is 17.6 Å². The van der Waals surface area contributed by atoms with Gasteiger partial charge in [-0.2, -0.15) is 18.3 Å². The molecule has 4 heterocycles. The number of aryl methyl sites for hydroxylation is 1. The summed E-state index contributed by atoms with van der Waals surface area (Å²) in [6.07, 6.45) is 0.666. The van der Waals surface area contributed by atoms with Crippen LogP contribution in [0, 0.1) is 5.92 Å². The van der Waals surface area contributed by atoms with Gasteiger partial charge in [-0.05, 0) is 43.2 Å². The van der Waals surface area contributed by atoms with E-state index in [0.29, 0.717) is 36.2 Å². The molecule has 1 amide bonds. The second-order valence-electron chi connectivity index (χ2n) is 8.07. The van der Waals surface area contributed by atoms with Crippen molar-refractivity contribution in [3.63, 3.8) is 0 Å². The molecule has 0 N–H and O–H groups in total. The highest BCUT2D eigenvalue weighted by molar-refractivity contribution is 5.81. The minimum atomic E-state index is -4.51. The van der Waals surface area contributed by atoms with Crippen LogP contribution in [0.3, 0.4) is 0 Å². The summed E-state index contributed by atoms with van der Waals surface area (Å²) in [6.45, 7) is 0.763. The highest BCUT2D eigenvalue weighted by atomic mass is 19.4. The van der Waals surface area contributed by atoms with Crippen LogP contribution in [-0.4, -0.2) is 42.7 Å². The average Bonchev–Trinajstić information content (AvgIpc) is 3.23. The van der Waals surface area contributed by atoms with E-state index in [9.17, 15) is 22.8 Å². The number of piperidine rings is 1. The van der Waals surface area contributed by atoms with Gasteiger partial charge in [-0.3, -0.25) is 14.3 Å². The van der Waals surface area contributed by atoms with Crippen LogP contribution in [0.1, 0.15) is 48.8 Å². The number of carbonyl (C=O) groups excluding carboxylic acids is 1. The van der Waals surface area contributed by atoms with Crippen LogP contribution in [0.2, 0.25) is 0 Å². The Morgan fingerprint density at radius 1 is 1.24 bits per heavy atom. The highest BCUT2D eigenvalue weighted by Crippen LogP contribution is 2.45. The number of likely N-dealkylation sites (tertiary alicyclic amines) is 1. The van der Waals surface area contributed by atoms with E-state index in [1.807, 2.05) is 4.90 Å². The van der Waals surface area contributed by atoms with Crippen LogP contribution in [-0.2, 0) is 23.9 Å². The molecular formula is C19H20F3N5O2. The van der Waals surface area contributed by atoms with Crippen molar-refractivity contribution in [3.8, 4) is 0 Å². The van der Waals surface area contributed by atoms with E-state index in [-0.39, 0.29) is 12.5 Å². The first kappa shape index (κ1) is 18.4. The zero-order chi connectivity index (χ0) is 20.3. The van der Waals surface area contributed by atoms with E-state index < -0.39 is 23.6 Å². The van der Waals surface area contributed by atoms with Crippen LogP contribution >= 0.6 is 0 Å². The third-order valence-electron chi connectivity index (χ3n) is 6.17. The molecule has 1 saturated heterocycles. The third-order valence-corrected chi connectivity index (χ3v) is 6.17. The number of rotatable bonds is 3. The Morgan fingerprint density at radius 2 is 2.07 bits per heavy atom. The molecule has 0 aromatic carbocycles. The summed E-state index contributed by atoms with van der Waals surface area (Å²) in [5.74, 6) is 1.17. The molecule has 3 atom stereocenters. The topological polar surface area (TPSA) is 73.0 Å². The summed E-state index contributed by atoms with van der Waals surface area (Å²) >= 11 is 0. The summed E-state index contributed by atoms with van der Waals surface area (Å²) < 4.78 is 40.7. The maximum atomic E-state index is 13.1. The van der Waals surface area contributed by atoms with Crippen LogP contribution in [0.25, 0.3) is 0 Å². The predicted molar refractivity (Wildman–Crippen MR) is 95.0 cm³/mol. The van der Waals surface area contributed by atoms with Gasteiger partial charge in [0.25, 0.3) is 0 Å². The number of nitrogens with zero attached hydrogens (tertiary/aromatic N) is 5. The Labute approximate surface area is 164 Å². The minimum absolute atomic E-state index is 0.00574. The van der Waals surface area contributed by atoms with Crippen molar-refractivity contribution in [1.82, 2.24) is 24.2 Å². The second-order valence-corrected chi connectivity index (χ2v) is 8.07. The highest BCUT2D eigenvalue weighted by Gasteiger charge is 2.50. The maximum Gasteiger partial charge on any atom is 0.433 e. The first-order chi connectivity index (χ1) is 13.8. The molecule has 2 aliphatic heterocycles. The van der Waals surface area contributed by atoms with E-state index in [2.05, 4.69) is 10.1 Å². The number of alkyl halides is 3. The van der Waals surface area contributed by atoms with E-state index in [1.165, 1.54) is 15.3 Å². The fraction of sp³-hybridized carbons (Fsp3) is 0.579. The Balaban J connectivity index is 1.40. The number of hydrogen-bond acceptors (Lipinski definition) is 4. The molecular weight excluding hydrogens is 387 g/mol. The van der Waals surface area contributed by atoms with Crippen molar-refractivity contribution < 1.29 is 18.0 Å². The lowest BCUT2D eigenvalue weighted by Gasteiger charge is -2.28. The molecule has 2 aromatic rings. The van der Waals surface area contributed by atoms with Gasteiger partial charge in [0.15, 0.2) is 0 Å². The number of amides is 1. The molecule has 3 aliphatic rings. The van der Waals surface area contributed by atoms with Gasteiger partial charge >= 0.3 is 11.9 Å². The van der Waals surface area contributed by atoms with E-state index in [4.69, 9.17) is 0 Å². The molecule has 5 rings (SSSR count). The molecule has 154 valence electrons. The Morgan fingerprint density at radius 3 is 2.69 bits per heavy atom. The van der Waals surface area contributed by atoms with E-state index >= 15 is 0 Å². The van der Waals surface area contributed by atoms with Crippen LogP contribution < -0.4 is 5.69 Å². The number of fused-ring (bicyclic) bond motifs is 2. The lowest BCUT2D eigenvalue weighted by molar-refractivity contribution is -0.141. The average molecular weight is 407 g/mol. The smallest absolute Gasteiger partial charge is 0.338 e. The van der Waals surface area contributed by atoms with Crippen molar-refractivity contribution in [2.45, 2.75) is 56.9 Å². The van der Waals surface area contributed by atoms with Crippen molar-refractivity contribution in [2.75, 3.05) is 6.54 Å². The number of aromatic nitrogens is 4. The zero-order valence-corrected chi connectivity index (χ0v) is 15.6. The van der Waals surface area contributed by atoms with Crippen molar-refractivity contribution in [2.24, 2.45) is 5.92 Å². The summed E-state index contributed by atoms with van der Waals surface area (Å²) in [5.41, 5.74) is -0.935. The van der Waals surface area contributed by atoms with Gasteiger partial charge in [0, 0.05) is 25.2 Å². The molecule has 2 unspecified atom stereocenters. The van der Waals surface area contributed by atoms with Gasteiger partial charge in [0.05, 0.1) is 6.54 Å². The van der Waals surface area contributed by atoms with Gasteiger partial charge in [-0.15, -0.1) is 0 Å². The fourth-order valence-electron chi connectivity index (χ4n) is 4.59. The van der Waals surface area contributed by atoms with Gasteiger partial charge in [0.2, 0.25) is 5.91 Å². The summed E-state index contributed by atoms with van der Waals surface area (Å²) in [4.78, 5) is 31.4. The fourth-order valence-corrected chi connectivity index (χ4v) is 4.59. The van der Waals surface area contributed by atoms with Crippen LogP contribution in [0.15, 0.2) is 23.1 Å². The van der Waals surface area contributed by atoms with Gasteiger partial charge in [-0.1, -0.05) is 6.07 Å². The van der Waals surface area contributed by atoms with Crippen molar-refractivity contribution in [3.05, 3.63) is 45.9 Å². The largest absolute Gasteiger partial charge is 0.433 e. The first-order valence-electron chi connectivity index (χ1n) is 9.84. The third kappa shape index (κ3) is 3.14. The van der Waals surface area contributed by atoms with Gasteiger partial charge < -0.3 is 4.90 Å². The number of carbonyl (C=O) groups is 1. The molecule has 2 aromatic heterocycles. The van der Waals surface area contributed by atoms with Crippen molar-refractivity contribution in [1.29, 1.82) is 0 Å². The molecule has 0 spiro atoms. The second kappa shape index (κ2) is 6.43. The molecule has 7 nitrogen and oxygen atoms in total. The van der Waals surface area contributed by atoms with E-state index in [0.717, 1.165) is 38.1 Å². The van der Waals surface area contributed by atoms with Crippen molar-refractivity contribution >= 4 is 5.91 Å². The zero-order valence-electron chi connectivity index (χ0n) is 15.6. The maximum absolute atomic E-state index is 13.1. The molecule has 0 radical (unpaired) electrons. The lowest BCUT2D eigenvalue weighted by Crippen LogP contribution is -2.42. The summed E-state index contributed by atoms with van der Waals surface area (Å²) in [5, 5.41) is 4.35. The molecule has 1 aliphatic carbocycles. The lowest BCUT2D eigenvalue weighted by atomic mass is 10.0. The molecule has 1 saturated carbocycles. The Bertz CT molecular complexity index is 1010. The SMILES string of the molecule is O=C([C@@H]1CCCc2nn(Cc3ccc(C(F)(F)F)nc3)c(=O)n21)N1CCC2CC21. The predicted octanol–water partition coefficient (Wildman–Crippen LogP) is 2.01. The first-order valence-corrected chi connectivity index (χ1v) is 9.84. The number of halogens is 3. The van der Waals surface area contributed by atoms with Gasteiger partial charge in [-0.25, -0.2) is 9.48 Å². The Kier molecular flexibility index (Phi) is 4.08. The van der Waals surface area contributed by atoms with Crippen LogP contribution in [0.4, 0.5) is 13.2 Å². The Hall–Kier alpha value is -2.65. The summed E-state index contributed by atoms with van der Waals surface area (Å²) in [7, 11) is 0. The standard InChI is InChI=1S/C19H20F3N5O2/c20-19(21,22)15-5-4-11(9-23-15)10-26-18(29)27-13(2-1-3-16(27)24-26)17(28)25-7-6-12-8-14(12)25/h4-5,9,12-14H,1-3,6-8,10H2/t12?,13-,14?/m0/s1. The van der Waals surface area contributed by atoms with Crippen LogP contribution in [0.5, 0.6) is 0 Å². The molecule has 2 fully saturated rings. The molecule has 29 heavy (non-hydrogen) atoms. The van der Waals surface area contributed by atoms with E-state index in [1.54, 1.807) is 0 Å². The number of pyridine rings is 1. The quantitative estimate of drug-likeness (QED) is 0.780.